The van der Waals surface area contributed by atoms with E-state index in [0.29, 0.717) is 0 Å². The summed E-state index contributed by atoms with van der Waals surface area (Å²) in [5, 5.41) is 10.3. The fraction of sp³-hybridized carbons (Fsp3) is 0.375. The van der Waals surface area contributed by atoms with Gasteiger partial charge < -0.3 is 10.0 Å². The van der Waals surface area contributed by atoms with Crippen LogP contribution in [0, 0.1) is 0 Å². The lowest BCUT2D eigenvalue weighted by atomic mass is 9.84. The molecule has 1 aliphatic heterocycles. The smallest absolute Gasteiger partial charge is 0.313 e. The van der Waals surface area contributed by atoms with E-state index in [9.17, 15) is 9.90 Å². The summed E-state index contributed by atoms with van der Waals surface area (Å²) in [6.45, 7) is 6.65. The van der Waals surface area contributed by atoms with Crippen LogP contribution in [-0.2, 0) is 29.5 Å². The van der Waals surface area contributed by atoms with E-state index in [1.807, 2.05) is 30.5 Å². The molecule has 0 unspecified atom stereocenters. The highest BCUT2D eigenvalue weighted by Crippen LogP contribution is 2.38. The van der Waals surface area contributed by atoms with Gasteiger partial charge in [0.1, 0.15) is 0 Å². The van der Waals surface area contributed by atoms with Gasteiger partial charge >= 0.3 is 5.97 Å². The summed E-state index contributed by atoms with van der Waals surface area (Å²) in [6, 6.07) is 16.6. The van der Waals surface area contributed by atoms with Crippen LogP contribution in [0.15, 0.2) is 64.8 Å². The minimum atomic E-state index is -0.902. The maximum absolute atomic E-state index is 11.6. The molecule has 38 heavy (non-hydrogen) atoms. The van der Waals surface area contributed by atoms with E-state index in [0.717, 1.165) is 78.9 Å². The first-order chi connectivity index (χ1) is 18.2. The number of pyridine rings is 1. The zero-order valence-corrected chi connectivity index (χ0v) is 24.4. The van der Waals surface area contributed by atoms with Gasteiger partial charge in [0.15, 0.2) is 0 Å². The molecule has 198 valence electrons. The second-order valence-electron chi connectivity index (χ2n) is 11.0. The first-order valence-corrected chi connectivity index (χ1v) is 14.6. The Bertz CT molecular complexity index is 1390. The predicted molar refractivity (Wildman–Crippen MR) is 158 cm³/mol. The van der Waals surface area contributed by atoms with Crippen molar-refractivity contribution >= 4 is 39.1 Å². The summed E-state index contributed by atoms with van der Waals surface area (Å²) in [7, 11) is 0. The Balaban J connectivity index is 1.26. The molecular weight excluding hydrogens is 560 g/mol. The quantitative estimate of drug-likeness (QED) is 0.322. The molecule has 0 saturated carbocycles. The number of carbonyl (C=O) groups is 1. The van der Waals surface area contributed by atoms with Crippen LogP contribution in [-0.4, -0.2) is 40.6 Å². The highest BCUT2D eigenvalue weighted by molar-refractivity contribution is 9.10. The Hall–Kier alpha value is -2.47. The summed E-state index contributed by atoms with van der Waals surface area (Å²) in [6.07, 6.45) is 8.03. The van der Waals surface area contributed by atoms with Gasteiger partial charge in [0.25, 0.3) is 0 Å². The maximum Gasteiger partial charge on any atom is 0.313 e. The van der Waals surface area contributed by atoms with E-state index in [2.05, 4.69) is 45.1 Å². The van der Waals surface area contributed by atoms with Gasteiger partial charge in [-0.15, -0.1) is 0 Å². The largest absolute Gasteiger partial charge is 0.481 e. The van der Waals surface area contributed by atoms with E-state index in [-0.39, 0.29) is 0 Å². The molecule has 2 heterocycles. The van der Waals surface area contributed by atoms with E-state index < -0.39 is 11.4 Å². The minimum absolute atomic E-state index is 0.800. The Kier molecular flexibility index (Phi) is 8.08. The van der Waals surface area contributed by atoms with Crippen LogP contribution in [0.1, 0.15) is 66.6 Å². The topological polar surface area (TPSA) is 53.4 Å². The number of carboxylic acid groups (broad SMARTS) is 1. The first kappa shape index (κ1) is 27.1. The lowest BCUT2D eigenvalue weighted by Crippen LogP contribution is -2.32. The first-order valence-electron chi connectivity index (χ1n) is 13.4. The molecule has 1 aliphatic carbocycles. The molecule has 5 rings (SSSR count). The third kappa shape index (κ3) is 5.61. The normalized spacial score (nSPS) is 16.1. The van der Waals surface area contributed by atoms with Crippen molar-refractivity contribution in [2.75, 3.05) is 19.6 Å². The zero-order chi connectivity index (χ0) is 26.9. The summed E-state index contributed by atoms with van der Waals surface area (Å²) in [5.74, 6) is -0.813. The molecule has 0 amide bonds. The lowest BCUT2D eigenvalue weighted by molar-refractivity contribution is -0.142. The average Bonchev–Trinajstić information content (AvgIpc) is 3.06. The van der Waals surface area contributed by atoms with Crippen molar-refractivity contribution < 1.29 is 9.90 Å². The monoisotopic (exact) mass is 592 g/mol. The Morgan fingerprint density at radius 3 is 2.55 bits per heavy atom. The number of hydrogen-bond acceptors (Lipinski definition) is 3. The minimum Gasteiger partial charge on any atom is -0.481 e. The summed E-state index contributed by atoms with van der Waals surface area (Å²) >= 11 is 10.0. The van der Waals surface area contributed by atoms with Gasteiger partial charge in [-0.2, -0.15) is 0 Å². The molecule has 1 fully saturated rings. The molecule has 0 radical (unpaired) electrons. The molecule has 6 heteroatoms. The van der Waals surface area contributed by atoms with Gasteiger partial charge in [-0.25, -0.2) is 0 Å². The van der Waals surface area contributed by atoms with E-state index in [1.54, 1.807) is 13.8 Å². The highest BCUT2D eigenvalue weighted by atomic mass is 79.9. The van der Waals surface area contributed by atoms with Crippen LogP contribution in [0.2, 0.25) is 5.02 Å². The molecule has 1 saturated heterocycles. The summed E-state index contributed by atoms with van der Waals surface area (Å²) in [4.78, 5) is 19.0. The van der Waals surface area contributed by atoms with Gasteiger partial charge in [0, 0.05) is 34.4 Å². The van der Waals surface area contributed by atoms with Gasteiger partial charge in [-0.1, -0.05) is 57.4 Å². The summed E-state index contributed by atoms with van der Waals surface area (Å²) in [5.41, 5.74) is 9.08. The predicted octanol–water partition coefficient (Wildman–Crippen LogP) is 7.49. The van der Waals surface area contributed by atoms with E-state index >= 15 is 0 Å². The molecule has 3 aromatic rings. The van der Waals surface area contributed by atoms with Crippen LogP contribution in [0.3, 0.4) is 0 Å². The molecule has 1 aromatic heterocycles. The van der Waals surface area contributed by atoms with Crippen molar-refractivity contribution in [3.63, 3.8) is 0 Å². The Morgan fingerprint density at radius 2 is 1.82 bits per heavy atom. The number of aromatic nitrogens is 1. The number of hydrogen-bond donors (Lipinski definition) is 1. The maximum atomic E-state index is 11.6. The zero-order valence-electron chi connectivity index (χ0n) is 22.1. The SMILES string of the molecule is CC(C)(C(=O)O)c1ccc(CCCN2CCC(=C3c4ccc(Cl)cc4CCc4cccnc43)CC2)c(Br)c1. The third-order valence-corrected chi connectivity index (χ3v) is 9.14. The number of carboxylic acids is 1. The molecule has 2 aromatic carbocycles. The molecular formula is C32H34BrClN2O2. The van der Waals surface area contributed by atoms with Gasteiger partial charge in [0.05, 0.1) is 11.1 Å². The molecule has 1 N–H and O–H groups in total. The molecule has 0 spiro atoms. The van der Waals surface area contributed by atoms with Crippen LogP contribution in [0.4, 0.5) is 0 Å². The van der Waals surface area contributed by atoms with Crippen molar-refractivity contribution in [2.45, 2.75) is 57.8 Å². The van der Waals surface area contributed by atoms with E-state index in [1.165, 1.54) is 33.4 Å². The number of piperidine rings is 1. The standard InChI is InChI=1S/C32H34BrClN2O2/c1-32(2,31(37)38)25-10-9-21(28(33)20-25)6-4-16-36-17-13-22(14-18-36)29-27-12-11-26(34)19-24(27)8-7-23-5-3-15-35-30(23)29/h3,5,9-12,15,19-20H,4,6-8,13-14,16-18H2,1-2H3,(H,37,38). The van der Waals surface area contributed by atoms with Gasteiger partial charge in [-0.05, 0) is 111 Å². The second-order valence-corrected chi connectivity index (χ2v) is 12.3. The number of likely N-dealkylation sites (tertiary alicyclic amines) is 1. The van der Waals surface area contributed by atoms with Crippen LogP contribution >= 0.6 is 27.5 Å². The van der Waals surface area contributed by atoms with Crippen molar-refractivity contribution in [3.8, 4) is 0 Å². The van der Waals surface area contributed by atoms with Crippen molar-refractivity contribution in [1.82, 2.24) is 9.88 Å². The molecule has 4 nitrogen and oxygen atoms in total. The molecule has 2 aliphatic rings. The number of aryl methyl sites for hydroxylation is 3. The van der Waals surface area contributed by atoms with Gasteiger partial charge in [0.2, 0.25) is 0 Å². The fourth-order valence-electron chi connectivity index (χ4n) is 5.69. The number of aliphatic carboxylic acids is 1. The van der Waals surface area contributed by atoms with E-state index in [4.69, 9.17) is 16.6 Å². The number of fused-ring (bicyclic) bond motifs is 2. The van der Waals surface area contributed by atoms with Crippen LogP contribution in [0.5, 0.6) is 0 Å². The van der Waals surface area contributed by atoms with Crippen molar-refractivity contribution in [3.05, 3.63) is 103 Å². The van der Waals surface area contributed by atoms with Gasteiger partial charge in [-0.3, -0.25) is 9.78 Å². The van der Waals surface area contributed by atoms with Crippen molar-refractivity contribution in [1.29, 1.82) is 0 Å². The highest BCUT2D eigenvalue weighted by Gasteiger charge is 2.30. The fourth-order valence-corrected chi connectivity index (χ4v) is 6.46. The number of halogens is 2. The Morgan fingerprint density at radius 1 is 1.05 bits per heavy atom. The number of benzene rings is 2. The third-order valence-electron chi connectivity index (χ3n) is 8.17. The average molecular weight is 594 g/mol. The van der Waals surface area contributed by atoms with Crippen molar-refractivity contribution in [2.24, 2.45) is 0 Å². The van der Waals surface area contributed by atoms with Crippen LogP contribution in [0.25, 0.3) is 5.57 Å². The molecule has 0 atom stereocenters. The number of nitrogens with zero attached hydrogens (tertiary/aromatic N) is 2. The number of rotatable bonds is 6. The second kappa shape index (κ2) is 11.3. The lowest BCUT2D eigenvalue weighted by Gasteiger charge is -2.30. The Labute approximate surface area is 238 Å². The van der Waals surface area contributed by atoms with Crippen LogP contribution < -0.4 is 0 Å². The summed E-state index contributed by atoms with van der Waals surface area (Å²) < 4.78 is 0.994. The molecule has 0 bridgehead atoms.